The third-order valence-corrected chi connectivity index (χ3v) is 4.48. The van der Waals surface area contributed by atoms with Gasteiger partial charge in [-0.05, 0) is 50.2 Å². The summed E-state index contributed by atoms with van der Waals surface area (Å²) in [6, 6.07) is 5.21. The zero-order valence-corrected chi connectivity index (χ0v) is 15.9. The van der Waals surface area contributed by atoms with Crippen molar-refractivity contribution in [2.45, 2.75) is 84.0 Å². The van der Waals surface area contributed by atoms with Gasteiger partial charge in [0.2, 0.25) is 0 Å². The summed E-state index contributed by atoms with van der Waals surface area (Å²) < 4.78 is 0. The van der Waals surface area contributed by atoms with Gasteiger partial charge in [-0.3, -0.25) is 0 Å². The Morgan fingerprint density at radius 2 is 1.40 bits per heavy atom. The normalized spacial score (nSPS) is 11.7. The van der Waals surface area contributed by atoms with E-state index in [1.54, 1.807) is 6.07 Å². The molecule has 0 aliphatic rings. The number of aromatic hydroxyl groups is 2. The first-order chi connectivity index (χ1) is 12.3. The standard InChI is InChI=1S/C23H36O2/c1-2-3-4-5-6-7-8-9-10-11-12-13-14-15-16-18-21-19-17-20-22(24)23(21)25/h4-5,7-8,17,19-20,24-25H,2-3,6,9-16,18H2,1H3/b5-4+,8-7+. The third-order valence-electron chi connectivity index (χ3n) is 4.48. The van der Waals surface area contributed by atoms with Gasteiger partial charge in [-0.1, -0.05) is 81.9 Å². The molecule has 2 heteroatoms. The first kappa shape index (κ1) is 21.3. The number of phenols is 2. The molecule has 0 bridgehead atoms. The van der Waals surface area contributed by atoms with E-state index < -0.39 is 0 Å². The molecule has 0 saturated carbocycles. The van der Waals surface area contributed by atoms with Gasteiger partial charge < -0.3 is 10.2 Å². The molecule has 140 valence electrons. The quantitative estimate of drug-likeness (QED) is 0.215. The van der Waals surface area contributed by atoms with Crippen LogP contribution in [0.5, 0.6) is 11.5 Å². The first-order valence-electron chi connectivity index (χ1n) is 10.1. The molecule has 0 aromatic heterocycles. The maximum atomic E-state index is 9.75. The molecule has 0 spiro atoms. The summed E-state index contributed by atoms with van der Waals surface area (Å²) in [5.74, 6) is 0.0416. The number of allylic oxidation sites excluding steroid dienone is 4. The fraction of sp³-hybridized carbons (Fsp3) is 0.565. The van der Waals surface area contributed by atoms with Gasteiger partial charge in [0.05, 0.1) is 0 Å². The maximum absolute atomic E-state index is 9.75. The Hall–Kier alpha value is -1.70. The molecule has 0 fully saturated rings. The number of para-hydroxylation sites is 1. The second-order valence-electron chi connectivity index (χ2n) is 6.77. The molecule has 0 amide bonds. The van der Waals surface area contributed by atoms with Gasteiger partial charge in [0.15, 0.2) is 11.5 Å². The van der Waals surface area contributed by atoms with E-state index in [0.29, 0.717) is 0 Å². The molecule has 0 atom stereocenters. The Morgan fingerprint density at radius 1 is 0.760 bits per heavy atom. The summed E-state index contributed by atoms with van der Waals surface area (Å²) in [5, 5.41) is 19.2. The molecule has 25 heavy (non-hydrogen) atoms. The highest BCUT2D eigenvalue weighted by Gasteiger charge is 2.04. The second-order valence-corrected chi connectivity index (χ2v) is 6.77. The predicted octanol–water partition coefficient (Wildman–Crippen LogP) is 7.06. The van der Waals surface area contributed by atoms with Crippen molar-refractivity contribution in [1.29, 1.82) is 0 Å². The van der Waals surface area contributed by atoms with Crippen LogP contribution in [-0.4, -0.2) is 10.2 Å². The topological polar surface area (TPSA) is 40.5 Å². The van der Waals surface area contributed by atoms with E-state index >= 15 is 0 Å². The lowest BCUT2D eigenvalue weighted by Gasteiger charge is -2.06. The lowest BCUT2D eigenvalue weighted by Crippen LogP contribution is -1.87. The van der Waals surface area contributed by atoms with Crippen molar-refractivity contribution in [3.05, 3.63) is 48.1 Å². The fourth-order valence-electron chi connectivity index (χ4n) is 2.91. The molecule has 2 N–H and O–H groups in total. The van der Waals surface area contributed by atoms with Crippen molar-refractivity contribution in [2.24, 2.45) is 0 Å². The van der Waals surface area contributed by atoms with Crippen LogP contribution >= 0.6 is 0 Å². The molecule has 0 heterocycles. The van der Waals surface area contributed by atoms with Crippen LogP contribution in [0, 0.1) is 0 Å². The van der Waals surface area contributed by atoms with E-state index in [9.17, 15) is 10.2 Å². The van der Waals surface area contributed by atoms with E-state index in [0.717, 1.165) is 24.8 Å². The van der Waals surface area contributed by atoms with Crippen LogP contribution < -0.4 is 0 Å². The zero-order valence-electron chi connectivity index (χ0n) is 15.9. The molecular weight excluding hydrogens is 308 g/mol. The molecule has 0 radical (unpaired) electrons. The van der Waals surface area contributed by atoms with Gasteiger partial charge in [0.1, 0.15) is 0 Å². The smallest absolute Gasteiger partial charge is 0.160 e. The lowest BCUT2D eigenvalue weighted by molar-refractivity contribution is 0.398. The van der Waals surface area contributed by atoms with E-state index in [-0.39, 0.29) is 11.5 Å². The Kier molecular flexibility index (Phi) is 12.5. The fourth-order valence-corrected chi connectivity index (χ4v) is 2.91. The van der Waals surface area contributed by atoms with Gasteiger partial charge in [-0.2, -0.15) is 0 Å². The minimum absolute atomic E-state index is 0.0106. The second kappa shape index (κ2) is 14.6. The summed E-state index contributed by atoms with van der Waals surface area (Å²) in [4.78, 5) is 0. The molecule has 1 aromatic carbocycles. The number of rotatable bonds is 14. The third kappa shape index (κ3) is 10.7. The average molecular weight is 345 g/mol. The van der Waals surface area contributed by atoms with Crippen molar-refractivity contribution in [2.75, 3.05) is 0 Å². The van der Waals surface area contributed by atoms with E-state index in [1.807, 2.05) is 6.07 Å². The molecule has 1 aromatic rings. The average Bonchev–Trinajstić information content (AvgIpc) is 2.61. The van der Waals surface area contributed by atoms with Gasteiger partial charge in [-0.25, -0.2) is 0 Å². The molecular formula is C23H36O2. The molecule has 0 aliphatic heterocycles. The van der Waals surface area contributed by atoms with Crippen LogP contribution in [0.1, 0.15) is 83.1 Å². The molecule has 0 aliphatic carbocycles. The lowest BCUT2D eigenvalue weighted by atomic mass is 10.0. The first-order valence-corrected chi connectivity index (χ1v) is 10.1. The van der Waals surface area contributed by atoms with Gasteiger partial charge in [0.25, 0.3) is 0 Å². The molecule has 2 nitrogen and oxygen atoms in total. The van der Waals surface area contributed by atoms with E-state index in [1.165, 1.54) is 63.9 Å². The number of phenolic OH excluding ortho intramolecular Hbond substituents is 2. The van der Waals surface area contributed by atoms with Crippen LogP contribution in [0.4, 0.5) is 0 Å². The summed E-state index contributed by atoms with van der Waals surface area (Å²) >= 11 is 0. The van der Waals surface area contributed by atoms with E-state index in [2.05, 4.69) is 31.2 Å². The number of hydrogen-bond acceptors (Lipinski definition) is 2. The minimum Gasteiger partial charge on any atom is -0.504 e. The van der Waals surface area contributed by atoms with Crippen LogP contribution in [-0.2, 0) is 6.42 Å². The van der Waals surface area contributed by atoms with Crippen molar-refractivity contribution in [3.63, 3.8) is 0 Å². The van der Waals surface area contributed by atoms with Gasteiger partial charge >= 0.3 is 0 Å². The number of benzene rings is 1. The Balaban J connectivity index is 1.90. The summed E-state index contributed by atoms with van der Waals surface area (Å²) in [6.07, 6.45) is 23.5. The van der Waals surface area contributed by atoms with Crippen LogP contribution in [0.15, 0.2) is 42.5 Å². The highest BCUT2D eigenvalue weighted by Crippen LogP contribution is 2.29. The Labute approximate surface area is 154 Å². The van der Waals surface area contributed by atoms with Gasteiger partial charge in [-0.15, -0.1) is 0 Å². The van der Waals surface area contributed by atoms with Crippen molar-refractivity contribution >= 4 is 0 Å². The highest BCUT2D eigenvalue weighted by atomic mass is 16.3. The minimum atomic E-state index is -0.0106. The largest absolute Gasteiger partial charge is 0.504 e. The van der Waals surface area contributed by atoms with Crippen LogP contribution in [0.25, 0.3) is 0 Å². The maximum Gasteiger partial charge on any atom is 0.160 e. The zero-order chi connectivity index (χ0) is 18.2. The predicted molar refractivity (Wildman–Crippen MR) is 108 cm³/mol. The molecule has 0 unspecified atom stereocenters. The summed E-state index contributed by atoms with van der Waals surface area (Å²) in [5.41, 5.74) is 0.858. The highest BCUT2D eigenvalue weighted by molar-refractivity contribution is 5.44. The van der Waals surface area contributed by atoms with E-state index in [4.69, 9.17) is 0 Å². The summed E-state index contributed by atoms with van der Waals surface area (Å²) in [6.45, 7) is 2.21. The van der Waals surface area contributed by atoms with Crippen molar-refractivity contribution in [3.8, 4) is 11.5 Å². The summed E-state index contributed by atoms with van der Waals surface area (Å²) in [7, 11) is 0. The SMILES string of the molecule is CCC/C=C/C/C=C/CCCCCCCCCc1cccc(O)c1O. The van der Waals surface area contributed by atoms with Crippen molar-refractivity contribution in [1.82, 2.24) is 0 Å². The Morgan fingerprint density at radius 3 is 2.12 bits per heavy atom. The van der Waals surface area contributed by atoms with Gasteiger partial charge in [0, 0.05) is 0 Å². The monoisotopic (exact) mass is 344 g/mol. The molecule has 1 rings (SSSR count). The van der Waals surface area contributed by atoms with Crippen LogP contribution in [0.3, 0.4) is 0 Å². The number of aryl methyl sites for hydroxylation is 1. The molecule has 0 saturated heterocycles. The number of unbranched alkanes of at least 4 members (excludes halogenated alkanes) is 8. The van der Waals surface area contributed by atoms with Crippen molar-refractivity contribution < 1.29 is 10.2 Å². The van der Waals surface area contributed by atoms with Crippen LogP contribution in [0.2, 0.25) is 0 Å². The Bertz CT molecular complexity index is 503. The number of hydrogen-bond donors (Lipinski definition) is 2.